The smallest absolute Gasteiger partial charge is 0.387 e. The number of carbonyl (C=O) groups is 1. The van der Waals surface area contributed by atoms with E-state index in [9.17, 15) is 23.2 Å². The van der Waals surface area contributed by atoms with Crippen molar-refractivity contribution in [2.75, 3.05) is 6.61 Å². The Hall–Kier alpha value is -4.00. The van der Waals surface area contributed by atoms with Gasteiger partial charge in [-0.25, -0.2) is 9.78 Å². The summed E-state index contributed by atoms with van der Waals surface area (Å²) in [4.78, 5) is 43.1. The highest BCUT2D eigenvalue weighted by atomic mass is 35.5. The van der Waals surface area contributed by atoms with Crippen molar-refractivity contribution < 1.29 is 38.2 Å². The number of nitrogens with zero attached hydrogens (tertiary/aromatic N) is 1. The lowest BCUT2D eigenvalue weighted by Gasteiger charge is -2.21. The molecule has 2 aromatic carbocycles. The second kappa shape index (κ2) is 13.3. The molecule has 1 aliphatic carbocycles. The number of fused-ring (bicyclic) bond motifs is 1. The van der Waals surface area contributed by atoms with Crippen LogP contribution in [-0.2, 0) is 22.5 Å². The Morgan fingerprint density at radius 3 is 2.48 bits per heavy atom. The van der Waals surface area contributed by atoms with Gasteiger partial charge in [0.2, 0.25) is 0 Å². The van der Waals surface area contributed by atoms with Crippen LogP contribution in [0.3, 0.4) is 0 Å². The molecule has 4 aromatic rings. The largest absolute Gasteiger partial charge is 0.870 e. The number of aromatic amines is 2. The fraction of sp³-hybridized carbons (Fsp3) is 0.286. The molecule has 2 heterocycles. The number of rotatable bonds is 11. The molecule has 0 radical (unpaired) electrons. The standard InChI is InChI=1S/C28H23Cl2F2N3O6.H2O/c29-19-11-33-12-20(30)18(19)10-23(16-7-8-22(41-27(31)32)24(9-16)39-14-15-5-6-15)40-25(36)13-35-21-4-2-1-3-17(21)26(37)34-28(35)38;/h1-4,7-9,11-12,15,23,27H,5-6,10,13-14H2,(H,34,37,38);1H2/t23-;/m0./s1. The first-order valence-electron chi connectivity index (χ1n) is 12.7. The summed E-state index contributed by atoms with van der Waals surface area (Å²) in [6, 6.07) is 10.6. The molecule has 1 fully saturated rings. The van der Waals surface area contributed by atoms with Crippen LogP contribution < -0.4 is 25.7 Å². The predicted molar refractivity (Wildman–Crippen MR) is 148 cm³/mol. The summed E-state index contributed by atoms with van der Waals surface area (Å²) in [6.45, 7) is -3.27. The Bertz CT molecular complexity index is 1690. The maximum atomic E-state index is 13.3. The number of nitrogens with one attached hydrogen (secondary N) is 2. The highest BCUT2D eigenvalue weighted by Crippen LogP contribution is 2.37. The maximum absolute atomic E-state index is 13.3. The number of ether oxygens (including phenoxy) is 3. The zero-order chi connectivity index (χ0) is 29.1. The van der Waals surface area contributed by atoms with Gasteiger partial charge in [-0.1, -0.05) is 41.4 Å². The molecule has 0 amide bonds. The SMILES string of the molecule is O=C(Cn1c(=O)[nH]c(=O)c2ccccc21)O[C@@H](Cc1c(Cl)c[nH+]cc1Cl)c1ccc(OC(F)F)c(OCC2CC2)c1.[OH-]. The molecular weight excluding hydrogens is 599 g/mol. The first kappa shape index (κ1) is 30.9. The minimum Gasteiger partial charge on any atom is -0.870 e. The second-order valence-corrected chi connectivity index (χ2v) is 10.3. The Morgan fingerprint density at radius 2 is 1.79 bits per heavy atom. The zero-order valence-corrected chi connectivity index (χ0v) is 23.3. The van der Waals surface area contributed by atoms with Crippen LogP contribution in [0.1, 0.15) is 30.1 Å². The molecule has 0 saturated heterocycles. The third-order valence-electron chi connectivity index (χ3n) is 6.58. The highest BCUT2D eigenvalue weighted by molar-refractivity contribution is 6.35. The van der Waals surface area contributed by atoms with Gasteiger partial charge in [0.05, 0.1) is 17.5 Å². The number of para-hydroxylation sites is 1. The van der Waals surface area contributed by atoms with E-state index in [0.717, 1.165) is 17.4 Å². The van der Waals surface area contributed by atoms with E-state index in [1.165, 1.54) is 36.7 Å². The molecule has 5 rings (SSSR count). The quantitative estimate of drug-likeness (QED) is 0.241. The van der Waals surface area contributed by atoms with Gasteiger partial charge < -0.3 is 19.7 Å². The summed E-state index contributed by atoms with van der Waals surface area (Å²) in [5.41, 5.74) is -0.253. The average molecular weight is 624 g/mol. The summed E-state index contributed by atoms with van der Waals surface area (Å²) >= 11 is 12.7. The van der Waals surface area contributed by atoms with Crippen molar-refractivity contribution in [3.05, 3.63) is 96.9 Å². The maximum Gasteiger partial charge on any atom is 0.387 e. The normalized spacial score (nSPS) is 13.5. The Kier molecular flexibility index (Phi) is 9.81. The Balaban J connectivity index is 0.00000405. The fourth-order valence-electron chi connectivity index (χ4n) is 4.33. The van der Waals surface area contributed by atoms with Gasteiger partial charge in [0, 0.05) is 12.0 Å². The lowest BCUT2D eigenvalue weighted by Crippen LogP contribution is -2.33. The summed E-state index contributed by atoms with van der Waals surface area (Å²) < 4.78 is 43.5. The molecule has 10 nitrogen and oxygen atoms in total. The molecule has 3 N–H and O–H groups in total. The number of carbonyl (C=O) groups excluding carboxylic acids is 1. The fourth-order valence-corrected chi connectivity index (χ4v) is 4.86. The molecule has 0 bridgehead atoms. The topological polar surface area (TPSA) is 144 Å². The number of halogens is 4. The van der Waals surface area contributed by atoms with Crippen LogP contribution >= 0.6 is 23.2 Å². The minimum absolute atomic E-state index is 0. The van der Waals surface area contributed by atoms with Crippen molar-refractivity contribution in [3.8, 4) is 11.5 Å². The van der Waals surface area contributed by atoms with Gasteiger partial charge in [-0.2, -0.15) is 8.78 Å². The van der Waals surface area contributed by atoms with Crippen LogP contribution in [-0.4, -0.2) is 34.2 Å². The summed E-state index contributed by atoms with van der Waals surface area (Å²) in [7, 11) is 0. The Morgan fingerprint density at radius 1 is 1.07 bits per heavy atom. The van der Waals surface area contributed by atoms with E-state index < -0.39 is 36.5 Å². The molecule has 0 unspecified atom stereocenters. The van der Waals surface area contributed by atoms with Gasteiger partial charge in [-0.15, -0.1) is 0 Å². The number of H-pyrrole nitrogens is 2. The molecule has 222 valence electrons. The van der Waals surface area contributed by atoms with Crippen molar-refractivity contribution in [1.29, 1.82) is 0 Å². The number of aromatic nitrogens is 3. The molecular formula is C28H25Cl2F2N3O7. The molecule has 1 saturated carbocycles. The van der Waals surface area contributed by atoms with Gasteiger partial charge >= 0.3 is 18.3 Å². The van der Waals surface area contributed by atoms with Crippen LogP contribution in [0, 0.1) is 5.92 Å². The van der Waals surface area contributed by atoms with Crippen LogP contribution in [0.25, 0.3) is 10.9 Å². The monoisotopic (exact) mass is 623 g/mol. The average Bonchev–Trinajstić information content (AvgIpc) is 3.76. The number of hydrogen-bond donors (Lipinski definition) is 1. The molecule has 14 heteroatoms. The van der Waals surface area contributed by atoms with Crippen LogP contribution in [0.4, 0.5) is 8.78 Å². The van der Waals surface area contributed by atoms with Gasteiger partial charge in [-0.3, -0.25) is 19.1 Å². The van der Waals surface area contributed by atoms with E-state index in [0.29, 0.717) is 23.7 Å². The van der Waals surface area contributed by atoms with Crippen LogP contribution in [0.2, 0.25) is 10.0 Å². The third-order valence-corrected chi connectivity index (χ3v) is 7.25. The van der Waals surface area contributed by atoms with Crippen molar-refractivity contribution in [1.82, 2.24) is 9.55 Å². The minimum atomic E-state index is -3.07. The number of pyridine rings is 1. The van der Waals surface area contributed by atoms with Crippen molar-refractivity contribution in [3.63, 3.8) is 0 Å². The van der Waals surface area contributed by atoms with Gasteiger partial charge in [0.15, 0.2) is 23.9 Å². The number of benzene rings is 2. The first-order valence-corrected chi connectivity index (χ1v) is 13.4. The van der Waals surface area contributed by atoms with Gasteiger partial charge in [0.25, 0.3) is 5.56 Å². The lowest BCUT2D eigenvalue weighted by molar-refractivity contribution is -0.377. The highest BCUT2D eigenvalue weighted by Gasteiger charge is 2.26. The van der Waals surface area contributed by atoms with Crippen molar-refractivity contribution in [2.45, 2.75) is 38.5 Å². The van der Waals surface area contributed by atoms with Gasteiger partial charge in [-0.05, 0) is 48.6 Å². The van der Waals surface area contributed by atoms with E-state index in [-0.39, 0.29) is 44.3 Å². The van der Waals surface area contributed by atoms with E-state index in [2.05, 4.69) is 14.7 Å². The molecule has 42 heavy (non-hydrogen) atoms. The van der Waals surface area contributed by atoms with E-state index >= 15 is 0 Å². The van der Waals surface area contributed by atoms with Crippen LogP contribution in [0.15, 0.2) is 64.4 Å². The molecule has 0 aliphatic heterocycles. The summed E-state index contributed by atoms with van der Waals surface area (Å²) in [5.74, 6) is -0.573. The van der Waals surface area contributed by atoms with Crippen molar-refractivity contribution >= 4 is 40.1 Å². The summed E-state index contributed by atoms with van der Waals surface area (Å²) in [5, 5.41) is 0.788. The molecule has 0 spiro atoms. The number of esters is 1. The summed E-state index contributed by atoms with van der Waals surface area (Å²) in [6.07, 6.45) is 3.97. The second-order valence-electron chi connectivity index (χ2n) is 9.51. The molecule has 2 aromatic heterocycles. The van der Waals surface area contributed by atoms with E-state index in [4.69, 9.17) is 32.7 Å². The zero-order valence-electron chi connectivity index (χ0n) is 21.8. The molecule has 1 atom stereocenters. The van der Waals surface area contributed by atoms with E-state index in [1.807, 2.05) is 0 Å². The number of alkyl halides is 2. The van der Waals surface area contributed by atoms with Gasteiger partial charge in [0.1, 0.15) is 22.7 Å². The predicted octanol–water partition coefficient (Wildman–Crippen LogP) is 4.55. The third kappa shape index (κ3) is 7.25. The van der Waals surface area contributed by atoms with Crippen molar-refractivity contribution in [2.24, 2.45) is 5.92 Å². The van der Waals surface area contributed by atoms with E-state index in [1.54, 1.807) is 18.2 Å². The molecule has 1 aliphatic rings. The Labute approximate surface area is 247 Å². The van der Waals surface area contributed by atoms with Crippen LogP contribution in [0.5, 0.6) is 11.5 Å². The lowest BCUT2D eigenvalue weighted by atomic mass is 10.0. The first-order chi connectivity index (χ1) is 19.7. The number of hydrogen-bond acceptors (Lipinski definition) is 7.